The van der Waals surface area contributed by atoms with Crippen molar-refractivity contribution in [3.05, 3.63) is 59.4 Å². The Morgan fingerprint density at radius 1 is 1.19 bits per heavy atom. The molecular weight excluding hydrogens is 408 g/mol. The maximum atomic E-state index is 12.7. The van der Waals surface area contributed by atoms with Gasteiger partial charge in [0, 0.05) is 24.6 Å². The lowest BCUT2D eigenvalue weighted by Crippen LogP contribution is -2.05. The van der Waals surface area contributed by atoms with Crippen molar-refractivity contribution in [2.45, 2.75) is 33.6 Å². The van der Waals surface area contributed by atoms with E-state index in [4.69, 9.17) is 9.26 Å². The number of ketones is 1. The first-order chi connectivity index (χ1) is 15.4. The summed E-state index contributed by atoms with van der Waals surface area (Å²) in [4.78, 5) is 29.7. The molecule has 3 heterocycles. The normalized spacial score (nSPS) is 11.2. The number of fused-ring (bicyclic) bond motifs is 1. The van der Waals surface area contributed by atoms with Crippen LogP contribution >= 0.6 is 0 Å². The van der Waals surface area contributed by atoms with E-state index in [1.54, 1.807) is 12.3 Å². The van der Waals surface area contributed by atoms with Crippen LogP contribution in [0.3, 0.4) is 0 Å². The molecule has 4 rings (SSSR count). The summed E-state index contributed by atoms with van der Waals surface area (Å²) < 4.78 is 10.4. The number of Topliss-reactive ketones (excluding diaryl/α,β-unsaturated/α-hetero) is 1. The Bertz CT molecular complexity index is 1270. The van der Waals surface area contributed by atoms with Crippen molar-refractivity contribution in [3.63, 3.8) is 0 Å². The monoisotopic (exact) mass is 432 g/mol. The van der Waals surface area contributed by atoms with E-state index in [-0.39, 0.29) is 18.2 Å². The molecule has 0 unspecified atom stereocenters. The van der Waals surface area contributed by atoms with Gasteiger partial charge in [-0.25, -0.2) is 15.0 Å². The molecule has 4 aromatic rings. The van der Waals surface area contributed by atoms with Crippen LogP contribution in [0.2, 0.25) is 0 Å². The Hall–Kier alpha value is -3.88. The zero-order valence-corrected chi connectivity index (χ0v) is 18.4. The van der Waals surface area contributed by atoms with Crippen molar-refractivity contribution in [3.8, 4) is 6.01 Å². The lowest BCUT2D eigenvalue weighted by molar-refractivity contribution is 0.0984. The number of ether oxygens (including phenoxy) is 1. The molecule has 9 heteroatoms. The number of aryl methyl sites for hydroxylation is 1. The van der Waals surface area contributed by atoms with Gasteiger partial charge in [-0.05, 0) is 30.0 Å². The van der Waals surface area contributed by atoms with Gasteiger partial charge in [-0.15, -0.1) is 0 Å². The molecule has 0 bridgehead atoms. The van der Waals surface area contributed by atoms with Crippen LogP contribution in [0.4, 0.5) is 11.5 Å². The van der Waals surface area contributed by atoms with Crippen LogP contribution in [0, 0.1) is 12.8 Å². The number of nitrogens with zero attached hydrogens (tertiary/aromatic N) is 5. The second-order valence-electron chi connectivity index (χ2n) is 7.96. The van der Waals surface area contributed by atoms with Crippen LogP contribution in [0.1, 0.15) is 41.2 Å². The van der Waals surface area contributed by atoms with Crippen LogP contribution in [0.15, 0.2) is 41.3 Å². The van der Waals surface area contributed by atoms with Gasteiger partial charge in [-0.3, -0.25) is 4.79 Å². The number of methoxy groups -OCH3 is 1. The molecule has 0 aliphatic heterocycles. The molecule has 9 nitrogen and oxygen atoms in total. The van der Waals surface area contributed by atoms with Gasteiger partial charge >= 0.3 is 6.01 Å². The molecule has 0 saturated heterocycles. The highest BCUT2D eigenvalue weighted by molar-refractivity contribution is 5.96. The number of benzene rings is 1. The standard InChI is InChI=1S/C23H24N6O3/c1-13(2)7-16-10-18(29-32-16)20(30)9-15-6-5-14(3)17(8-15)27-22-21-19(25-12-26-22)11-24-23(28-21)31-4/h5-6,8,10-13H,7,9H2,1-4H3,(H,25,26,27). The Balaban J connectivity index is 1.56. The van der Waals surface area contributed by atoms with Crippen LogP contribution in [-0.2, 0) is 12.8 Å². The van der Waals surface area contributed by atoms with Gasteiger partial charge in [0.05, 0.1) is 13.3 Å². The summed E-state index contributed by atoms with van der Waals surface area (Å²) in [6.07, 6.45) is 3.99. The SMILES string of the molecule is COc1ncc2ncnc(Nc3cc(CC(=O)c4cc(CC(C)C)on4)ccc3C)c2n1. The fraction of sp³-hybridized carbons (Fsp3) is 0.304. The summed E-state index contributed by atoms with van der Waals surface area (Å²) in [6.45, 7) is 6.16. The fourth-order valence-electron chi connectivity index (χ4n) is 3.29. The summed E-state index contributed by atoms with van der Waals surface area (Å²) in [7, 11) is 1.50. The zero-order chi connectivity index (χ0) is 22.7. The zero-order valence-electron chi connectivity index (χ0n) is 18.4. The van der Waals surface area contributed by atoms with Gasteiger partial charge in [-0.1, -0.05) is 31.1 Å². The average molecular weight is 432 g/mol. The summed E-state index contributed by atoms with van der Waals surface area (Å²) in [5, 5.41) is 7.24. The predicted octanol–water partition coefficient (Wildman–Crippen LogP) is 4.09. The molecule has 32 heavy (non-hydrogen) atoms. The van der Waals surface area contributed by atoms with Gasteiger partial charge < -0.3 is 14.6 Å². The molecule has 0 amide bonds. The molecule has 1 N–H and O–H groups in total. The number of aromatic nitrogens is 5. The number of anilines is 2. The summed E-state index contributed by atoms with van der Waals surface area (Å²) in [5.74, 6) is 1.59. The first-order valence-corrected chi connectivity index (χ1v) is 10.3. The summed E-state index contributed by atoms with van der Waals surface area (Å²) >= 11 is 0. The first kappa shape index (κ1) is 21.4. The van der Waals surface area contributed by atoms with Crippen LogP contribution in [0.5, 0.6) is 6.01 Å². The number of hydrogen-bond donors (Lipinski definition) is 1. The van der Waals surface area contributed by atoms with Crippen molar-refractivity contribution < 1.29 is 14.1 Å². The lowest BCUT2D eigenvalue weighted by Gasteiger charge is -2.12. The Labute approximate surface area is 185 Å². The van der Waals surface area contributed by atoms with Gasteiger partial charge in [-0.2, -0.15) is 4.98 Å². The summed E-state index contributed by atoms with van der Waals surface area (Å²) in [6, 6.07) is 7.77. The molecule has 0 aliphatic rings. The predicted molar refractivity (Wildman–Crippen MR) is 119 cm³/mol. The smallest absolute Gasteiger partial charge is 0.316 e. The number of carbonyl (C=O) groups is 1. The number of carbonyl (C=O) groups excluding carboxylic acids is 1. The average Bonchev–Trinajstić information content (AvgIpc) is 3.24. The van der Waals surface area contributed by atoms with Crippen LogP contribution in [0.25, 0.3) is 11.0 Å². The molecule has 0 spiro atoms. The molecule has 3 aromatic heterocycles. The van der Waals surface area contributed by atoms with Gasteiger partial charge in [0.1, 0.15) is 28.8 Å². The van der Waals surface area contributed by atoms with Crippen molar-refractivity contribution >= 4 is 28.3 Å². The largest absolute Gasteiger partial charge is 0.467 e. The molecule has 0 saturated carbocycles. The molecular formula is C23H24N6O3. The second kappa shape index (κ2) is 9.09. The summed E-state index contributed by atoms with van der Waals surface area (Å²) in [5.41, 5.74) is 4.14. The third-order valence-electron chi connectivity index (χ3n) is 4.91. The minimum Gasteiger partial charge on any atom is -0.467 e. The number of hydrogen-bond acceptors (Lipinski definition) is 9. The quantitative estimate of drug-likeness (QED) is 0.411. The minimum atomic E-state index is -0.0940. The van der Waals surface area contributed by atoms with Crippen LogP contribution in [-0.4, -0.2) is 38.0 Å². The van der Waals surface area contributed by atoms with Crippen molar-refractivity contribution in [2.75, 3.05) is 12.4 Å². The van der Waals surface area contributed by atoms with Crippen molar-refractivity contribution in [1.29, 1.82) is 0 Å². The maximum Gasteiger partial charge on any atom is 0.316 e. The Kier molecular flexibility index (Phi) is 6.07. The van der Waals surface area contributed by atoms with Crippen molar-refractivity contribution in [2.24, 2.45) is 5.92 Å². The second-order valence-corrected chi connectivity index (χ2v) is 7.96. The van der Waals surface area contributed by atoms with E-state index in [0.29, 0.717) is 28.5 Å². The minimum absolute atomic E-state index is 0.0940. The molecule has 0 aliphatic carbocycles. The van der Waals surface area contributed by atoms with E-state index < -0.39 is 0 Å². The van der Waals surface area contributed by atoms with Gasteiger partial charge in [0.2, 0.25) is 0 Å². The maximum absolute atomic E-state index is 12.7. The molecule has 1 aromatic carbocycles. The fourth-order valence-corrected chi connectivity index (χ4v) is 3.29. The van der Waals surface area contributed by atoms with Crippen molar-refractivity contribution in [1.82, 2.24) is 25.1 Å². The number of rotatable bonds is 8. The van der Waals surface area contributed by atoms with E-state index in [9.17, 15) is 4.79 Å². The Morgan fingerprint density at radius 2 is 2.03 bits per heavy atom. The third-order valence-corrected chi connectivity index (χ3v) is 4.91. The third kappa shape index (κ3) is 4.72. The lowest BCUT2D eigenvalue weighted by atomic mass is 10.0. The van der Waals surface area contributed by atoms with E-state index in [1.165, 1.54) is 13.4 Å². The number of nitrogens with one attached hydrogen (secondary N) is 1. The highest BCUT2D eigenvalue weighted by Gasteiger charge is 2.15. The Morgan fingerprint density at radius 3 is 2.81 bits per heavy atom. The van der Waals surface area contributed by atoms with Gasteiger partial charge in [0.15, 0.2) is 11.6 Å². The molecule has 0 atom stereocenters. The van der Waals surface area contributed by atoms with E-state index in [1.807, 2.05) is 25.1 Å². The highest BCUT2D eigenvalue weighted by Crippen LogP contribution is 2.26. The van der Waals surface area contributed by atoms with E-state index in [2.05, 4.69) is 44.3 Å². The van der Waals surface area contributed by atoms with Crippen LogP contribution < -0.4 is 10.1 Å². The first-order valence-electron chi connectivity index (χ1n) is 10.3. The molecule has 0 radical (unpaired) electrons. The topological polar surface area (TPSA) is 116 Å². The van der Waals surface area contributed by atoms with Gasteiger partial charge in [0.25, 0.3) is 0 Å². The highest BCUT2D eigenvalue weighted by atomic mass is 16.5. The molecule has 164 valence electrons. The van der Waals surface area contributed by atoms with E-state index in [0.717, 1.165) is 29.0 Å². The van der Waals surface area contributed by atoms with E-state index >= 15 is 0 Å². The molecule has 0 fully saturated rings.